The second-order valence-electron chi connectivity index (χ2n) is 5.62. The van der Waals surface area contributed by atoms with E-state index in [2.05, 4.69) is 10.3 Å². The van der Waals surface area contributed by atoms with E-state index < -0.39 is 30.7 Å². The van der Waals surface area contributed by atoms with Gasteiger partial charge >= 0.3 is 0 Å². The molecule has 8 nitrogen and oxygen atoms in total. The second-order valence-corrected chi connectivity index (χ2v) is 5.62. The molecule has 0 aliphatic carbocycles. The fraction of sp³-hybridized carbons (Fsp3) is 0.438. The van der Waals surface area contributed by atoms with Crippen molar-refractivity contribution < 1.29 is 30.3 Å². The van der Waals surface area contributed by atoms with E-state index in [-0.39, 0.29) is 12.3 Å². The normalized spacial score (nSPS) is 15.3. The Morgan fingerprint density at radius 2 is 2.00 bits per heavy atom. The molecule has 0 amide bonds. The summed E-state index contributed by atoms with van der Waals surface area (Å²) in [4.78, 5) is 14.8. The van der Waals surface area contributed by atoms with E-state index in [9.17, 15) is 25.2 Å². The Kier molecular flexibility index (Phi) is 6.29. The molecule has 2 rings (SSSR count). The van der Waals surface area contributed by atoms with Crippen LogP contribution in [-0.2, 0) is 11.2 Å². The van der Waals surface area contributed by atoms with E-state index in [1.807, 2.05) is 6.20 Å². The highest BCUT2D eigenvalue weighted by Gasteiger charge is 2.29. The van der Waals surface area contributed by atoms with Crippen LogP contribution in [0.1, 0.15) is 5.56 Å². The molecule has 0 unspecified atom stereocenters. The predicted molar refractivity (Wildman–Crippen MR) is 86.7 cm³/mol. The molecule has 1 aromatic carbocycles. The highest BCUT2D eigenvalue weighted by atomic mass is 16.4. The Balaban J connectivity index is 1.82. The van der Waals surface area contributed by atoms with Gasteiger partial charge in [-0.1, -0.05) is 0 Å². The van der Waals surface area contributed by atoms with Crippen molar-refractivity contribution in [1.82, 2.24) is 10.3 Å². The number of benzene rings is 1. The Hall–Kier alpha value is -1.97. The summed E-state index contributed by atoms with van der Waals surface area (Å²) in [5, 5.41) is 50.3. The van der Waals surface area contributed by atoms with Crippen LogP contribution in [0.3, 0.4) is 0 Å². The number of nitrogens with one attached hydrogen (secondary N) is 2. The Morgan fingerprint density at radius 1 is 1.25 bits per heavy atom. The molecule has 7 N–H and O–H groups in total. The highest BCUT2D eigenvalue weighted by Crippen LogP contribution is 2.22. The summed E-state index contributed by atoms with van der Waals surface area (Å²) in [5.74, 6) is -0.502. The monoisotopic (exact) mass is 338 g/mol. The fourth-order valence-electron chi connectivity index (χ4n) is 2.42. The average molecular weight is 338 g/mol. The number of aliphatic hydroxyl groups excluding tert-OH is 4. The van der Waals surface area contributed by atoms with Crippen LogP contribution in [0, 0.1) is 0 Å². The van der Waals surface area contributed by atoms with E-state index in [1.165, 1.54) is 0 Å². The Bertz CT molecular complexity index is 686. The number of fused-ring (bicyclic) bond motifs is 1. The molecule has 0 spiro atoms. The van der Waals surface area contributed by atoms with Gasteiger partial charge in [0.1, 0.15) is 24.1 Å². The number of rotatable bonds is 9. The zero-order chi connectivity index (χ0) is 17.7. The van der Waals surface area contributed by atoms with E-state index in [4.69, 9.17) is 5.11 Å². The molecule has 0 bridgehead atoms. The van der Waals surface area contributed by atoms with Gasteiger partial charge in [0.15, 0.2) is 5.78 Å². The number of aliphatic hydroxyl groups is 4. The standard InChI is InChI=1S/C16H22N2O6/c19-8-14(22)16(24)15(23)13(21)7-17-4-3-9-6-18-12-2-1-10(20)5-11(9)12/h1-2,5-6,14-20,22-24H,3-4,7-8H2/t14-,15+,16-/m1/s1. The van der Waals surface area contributed by atoms with Gasteiger partial charge in [0.05, 0.1) is 13.2 Å². The zero-order valence-electron chi connectivity index (χ0n) is 13.0. The first-order chi connectivity index (χ1) is 11.4. The summed E-state index contributed by atoms with van der Waals surface area (Å²) in [5.41, 5.74) is 1.87. The van der Waals surface area contributed by atoms with Crippen LogP contribution in [0.25, 0.3) is 10.9 Å². The third-order valence-electron chi connectivity index (χ3n) is 3.86. The summed E-state index contributed by atoms with van der Waals surface area (Å²) in [6.45, 7) is -0.476. The van der Waals surface area contributed by atoms with Gasteiger partial charge in [-0.25, -0.2) is 0 Å². The topological polar surface area (TPSA) is 146 Å². The van der Waals surface area contributed by atoms with Crippen LogP contribution in [0.5, 0.6) is 5.75 Å². The number of phenols is 1. The maximum atomic E-state index is 11.7. The number of hydrogen-bond donors (Lipinski definition) is 7. The molecule has 24 heavy (non-hydrogen) atoms. The number of hydrogen-bond acceptors (Lipinski definition) is 7. The SMILES string of the molecule is O=C(CNCCc1c[nH]c2ccc(O)cc12)[C@H](O)[C@H](O)[C@H](O)CO. The average Bonchev–Trinajstić information content (AvgIpc) is 2.98. The van der Waals surface area contributed by atoms with Crippen LogP contribution in [-0.4, -0.2) is 74.3 Å². The Labute approximate surface area is 138 Å². The molecule has 1 heterocycles. The zero-order valence-corrected chi connectivity index (χ0v) is 13.0. The molecule has 3 atom stereocenters. The van der Waals surface area contributed by atoms with Crippen LogP contribution in [0.15, 0.2) is 24.4 Å². The second kappa shape index (κ2) is 8.22. The van der Waals surface area contributed by atoms with E-state index in [1.54, 1.807) is 18.2 Å². The maximum absolute atomic E-state index is 11.7. The molecular formula is C16H22N2O6. The van der Waals surface area contributed by atoms with Crippen LogP contribution >= 0.6 is 0 Å². The van der Waals surface area contributed by atoms with Crippen molar-refractivity contribution in [1.29, 1.82) is 0 Å². The summed E-state index contributed by atoms with van der Waals surface area (Å²) >= 11 is 0. The first-order valence-corrected chi connectivity index (χ1v) is 7.61. The highest BCUT2D eigenvalue weighted by molar-refractivity contribution is 5.85. The molecule has 0 aliphatic rings. The van der Waals surface area contributed by atoms with Gasteiger partial charge in [-0.2, -0.15) is 0 Å². The van der Waals surface area contributed by atoms with Gasteiger partial charge in [-0.3, -0.25) is 4.79 Å². The van der Waals surface area contributed by atoms with Gasteiger partial charge < -0.3 is 35.8 Å². The van der Waals surface area contributed by atoms with Crippen molar-refractivity contribution in [3.63, 3.8) is 0 Å². The number of Topliss-reactive ketones (excluding diaryl/α,β-unsaturated/α-hetero) is 1. The van der Waals surface area contributed by atoms with Crippen molar-refractivity contribution in [2.45, 2.75) is 24.7 Å². The third kappa shape index (κ3) is 4.31. The molecule has 0 saturated carbocycles. The van der Waals surface area contributed by atoms with Gasteiger partial charge in [0.2, 0.25) is 0 Å². The first-order valence-electron chi connectivity index (χ1n) is 7.61. The fourth-order valence-corrected chi connectivity index (χ4v) is 2.42. The summed E-state index contributed by atoms with van der Waals surface area (Å²) in [6.07, 6.45) is -2.63. The van der Waals surface area contributed by atoms with Crippen LogP contribution in [0.4, 0.5) is 0 Å². The van der Waals surface area contributed by atoms with Crippen molar-refractivity contribution in [2.24, 2.45) is 0 Å². The van der Waals surface area contributed by atoms with Gasteiger partial charge in [0.25, 0.3) is 0 Å². The van der Waals surface area contributed by atoms with Crippen LogP contribution < -0.4 is 5.32 Å². The molecule has 8 heteroatoms. The van der Waals surface area contributed by atoms with Gasteiger partial charge in [0, 0.05) is 17.1 Å². The number of aromatic amines is 1. The number of carbonyl (C=O) groups is 1. The Morgan fingerprint density at radius 3 is 2.71 bits per heavy atom. The largest absolute Gasteiger partial charge is 0.508 e. The lowest BCUT2D eigenvalue weighted by Crippen LogP contribution is -2.46. The number of aromatic nitrogens is 1. The van der Waals surface area contributed by atoms with E-state index in [0.717, 1.165) is 16.5 Å². The molecule has 1 aromatic heterocycles. The van der Waals surface area contributed by atoms with E-state index in [0.29, 0.717) is 13.0 Å². The minimum absolute atomic E-state index is 0.172. The van der Waals surface area contributed by atoms with E-state index >= 15 is 0 Å². The molecule has 0 fully saturated rings. The van der Waals surface area contributed by atoms with Crippen LogP contribution in [0.2, 0.25) is 0 Å². The summed E-state index contributed by atoms with van der Waals surface area (Å²) in [6, 6.07) is 5.02. The number of H-pyrrole nitrogens is 1. The van der Waals surface area contributed by atoms with Crippen molar-refractivity contribution in [3.8, 4) is 5.75 Å². The lowest BCUT2D eigenvalue weighted by atomic mass is 10.0. The minimum atomic E-state index is -1.76. The lowest BCUT2D eigenvalue weighted by molar-refractivity contribution is -0.139. The predicted octanol–water partition coefficient (Wildman–Crippen LogP) is -1.35. The first kappa shape index (κ1) is 18.4. The molecule has 2 aromatic rings. The summed E-state index contributed by atoms with van der Waals surface area (Å²) in [7, 11) is 0. The number of carbonyl (C=O) groups excluding carboxylic acids is 1. The molecular weight excluding hydrogens is 316 g/mol. The smallest absolute Gasteiger partial charge is 0.177 e. The van der Waals surface area contributed by atoms with Crippen molar-refractivity contribution >= 4 is 16.7 Å². The maximum Gasteiger partial charge on any atom is 0.177 e. The lowest BCUT2D eigenvalue weighted by Gasteiger charge is -2.20. The third-order valence-corrected chi connectivity index (χ3v) is 3.86. The quantitative estimate of drug-likeness (QED) is 0.280. The number of ketones is 1. The van der Waals surface area contributed by atoms with Gasteiger partial charge in [-0.15, -0.1) is 0 Å². The number of aromatic hydroxyl groups is 1. The molecule has 0 aliphatic heterocycles. The molecule has 0 saturated heterocycles. The van der Waals surface area contributed by atoms with Crippen molar-refractivity contribution in [2.75, 3.05) is 19.7 Å². The molecule has 0 radical (unpaired) electrons. The van der Waals surface area contributed by atoms with Gasteiger partial charge in [-0.05, 0) is 36.7 Å². The number of phenolic OH excluding ortho intramolecular Hbond substituents is 1. The van der Waals surface area contributed by atoms with Crippen molar-refractivity contribution in [3.05, 3.63) is 30.0 Å². The molecule has 132 valence electrons. The minimum Gasteiger partial charge on any atom is -0.508 e. The summed E-state index contributed by atoms with van der Waals surface area (Å²) < 4.78 is 0.